The molecule has 7 aliphatic heterocycles. The number of benzene rings is 2. The lowest BCUT2D eigenvalue weighted by Crippen LogP contribution is -2.75. The molecule has 24 atom stereocenters. The SMILES string of the molecule is COC1CC2C3C=C1c1cccc4cn(cc14)C1(O)CC45C(=O)C=C6C(CC7C=CCC(O)(C8OC8C(C)C(C)C)C8CCC6(O)C78CCc6cc(O)cc(c6)N6CC7(CCC(C(C3)NC23CCCCC3)C7O)C2(C6=O)C(CO)CCCC2CSSC4O)C5(C)CC1(O)CO. The number of amides is 1. The molecular formula is C77H101N3O13S2. The Bertz CT molecular complexity index is 3740. The lowest BCUT2D eigenvalue weighted by molar-refractivity contribution is -0.302. The van der Waals surface area contributed by atoms with Crippen molar-refractivity contribution in [3.05, 3.63) is 89.8 Å². The van der Waals surface area contributed by atoms with E-state index in [0.717, 1.165) is 83.2 Å². The molecule has 16 bridgehead atoms. The van der Waals surface area contributed by atoms with E-state index in [-0.39, 0.29) is 97.4 Å². The molecule has 2 aromatic carbocycles. The molecule has 514 valence electrons. The number of aromatic nitrogens is 1. The van der Waals surface area contributed by atoms with Crippen molar-refractivity contribution in [2.24, 2.45) is 86.3 Å². The number of epoxide rings is 1. The fourth-order valence-electron chi connectivity index (χ4n) is 25.9. The summed E-state index contributed by atoms with van der Waals surface area (Å²) in [6.45, 7) is 7.39. The molecule has 19 rings (SSSR count). The number of phenolic OH excluding ortho intramolecular Hbond substituents is 1. The fraction of sp³-hybridized carbons (Fsp3) is 0.714. The molecule has 8 heterocycles. The van der Waals surface area contributed by atoms with Crippen molar-refractivity contribution in [2.45, 2.75) is 220 Å². The van der Waals surface area contributed by atoms with Gasteiger partial charge in [-0.25, -0.2) is 0 Å². The van der Waals surface area contributed by atoms with Crippen molar-refractivity contribution >= 4 is 55.3 Å². The average molecular weight is 1340 g/mol. The predicted octanol–water partition coefficient (Wildman–Crippen LogP) is 9.48. The van der Waals surface area contributed by atoms with Crippen LogP contribution in [-0.4, -0.2) is 153 Å². The smallest absolute Gasteiger partial charge is 0.234 e. The highest BCUT2D eigenvalue weighted by molar-refractivity contribution is 8.76. The topological polar surface area (TPSA) is 258 Å². The summed E-state index contributed by atoms with van der Waals surface area (Å²) in [5, 5.41) is 127. The van der Waals surface area contributed by atoms with E-state index >= 15 is 9.59 Å². The Morgan fingerprint density at radius 3 is 2.47 bits per heavy atom. The number of methoxy groups -OCH3 is 1. The first-order valence-corrected chi connectivity index (χ1v) is 38.9. The molecule has 3 saturated heterocycles. The van der Waals surface area contributed by atoms with Crippen LogP contribution in [-0.2, 0) is 31.2 Å². The van der Waals surface area contributed by atoms with Gasteiger partial charge in [0.2, 0.25) is 5.91 Å². The Balaban J connectivity index is 0.922. The second kappa shape index (κ2) is 22.0. The number of nitrogens with zero attached hydrogens (tertiary/aromatic N) is 2. The number of rotatable bonds is 6. The van der Waals surface area contributed by atoms with Crippen LogP contribution in [0.5, 0.6) is 5.75 Å². The second-order valence-electron chi connectivity index (χ2n) is 34.0. The van der Waals surface area contributed by atoms with Crippen molar-refractivity contribution in [1.82, 2.24) is 9.88 Å². The number of piperidine rings is 1. The molecule has 3 aromatic rings. The number of aliphatic hydroxyl groups excluding tert-OH is 4. The van der Waals surface area contributed by atoms with Gasteiger partial charge in [0.05, 0.1) is 41.3 Å². The Morgan fingerprint density at radius 1 is 0.895 bits per heavy atom. The molecule has 10 N–H and O–H groups in total. The predicted molar refractivity (Wildman–Crippen MR) is 364 cm³/mol. The second-order valence-corrected chi connectivity index (χ2v) is 36.5. The Hall–Kier alpha value is -3.60. The number of allylic oxidation sites excluding steroid dienone is 3. The summed E-state index contributed by atoms with van der Waals surface area (Å²) in [4.78, 5) is 35.8. The Morgan fingerprint density at radius 2 is 1.71 bits per heavy atom. The van der Waals surface area contributed by atoms with E-state index in [1.165, 1.54) is 10.8 Å². The number of phenols is 1. The quantitative estimate of drug-likeness (QED) is 0.0626. The normalized spacial score (nSPS) is 48.0. The number of hydrogen-bond acceptors (Lipinski definition) is 16. The summed E-state index contributed by atoms with van der Waals surface area (Å²) in [5.74, 6) is -2.74. The van der Waals surface area contributed by atoms with E-state index in [4.69, 9.17) is 9.47 Å². The zero-order valence-corrected chi connectivity index (χ0v) is 57.6. The first-order chi connectivity index (χ1) is 45.4. The molecule has 5 spiro atoms. The summed E-state index contributed by atoms with van der Waals surface area (Å²) < 4.78 is 14.9. The molecule has 6 saturated carbocycles. The first-order valence-electron chi connectivity index (χ1n) is 36.5. The van der Waals surface area contributed by atoms with Crippen molar-refractivity contribution in [2.75, 3.05) is 37.5 Å². The standard InChI is InChI=1S/C77H101N3O13S2/c1-42(2)43(3)63-65(93-63)74(89)22-11-15-47-30-57-58-33-62(84)73-39-76(91,71(88,41-82)38-68(57,73)4)79-34-45-12-9-16-52(55(45)35-79)54-28-46-29-59(78-70(20-7-6-8-21-70)56(46)32-60(54)92-5)53-18-23-69(64(53)85)40-80(66(86)77(69)48(36-81)13-10-14-49(77)37-94-95-67(73)87)50-26-44(27-51(83)31-50)17-24-72(47)61(74)19-25-75(58,72)90/h9,11-12,15-16,26-28,31,33-35,42-43,46-49,53,56-57,59-61,63-65,67,78,81-83,85,87-91H,6-8,10,13-14,17-25,29-30,32,36-41H2,1-5H3. The van der Waals surface area contributed by atoms with Crippen LogP contribution < -0.4 is 10.2 Å². The van der Waals surface area contributed by atoms with E-state index in [1.807, 2.05) is 36.2 Å². The molecule has 9 fully saturated rings. The van der Waals surface area contributed by atoms with Crippen molar-refractivity contribution in [3.63, 3.8) is 0 Å². The number of anilines is 1. The fourth-order valence-corrected chi connectivity index (χ4v) is 29.0. The third kappa shape index (κ3) is 8.26. The van der Waals surface area contributed by atoms with Crippen molar-refractivity contribution in [1.29, 1.82) is 0 Å². The summed E-state index contributed by atoms with van der Waals surface area (Å²) in [7, 11) is 4.28. The zero-order valence-electron chi connectivity index (χ0n) is 56.0. The van der Waals surface area contributed by atoms with Gasteiger partial charge in [-0.05, 0) is 190 Å². The molecule has 1 amide bonds. The van der Waals surface area contributed by atoms with Crippen LogP contribution >= 0.6 is 21.6 Å². The largest absolute Gasteiger partial charge is 0.508 e. The van der Waals surface area contributed by atoms with Gasteiger partial charge in [-0.2, -0.15) is 0 Å². The highest BCUT2D eigenvalue weighted by Gasteiger charge is 2.81. The van der Waals surface area contributed by atoms with Gasteiger partial charge >= 0.3 is 0 Å². The van der Waals surface area contributed by atoms with Gasteiger partial charge in [0.1, 0.15) is 28.5 Å². The molecule has 1 aromatic heterocycles. The van der Waals surface area contributed by atoms with Gasteiger partial charge in [-0.3, -0.25) is 9.59 Å². The lowest BCUT2D eigenvalue weighted by Gasteiger charge is -2.69. The molecule has 9 aliphatic carbocycles. The maximum Gasteiger partial charge on any atom is 0.234 e. The van der Waals surface area contributed by atoms with Gasteiger partial charge in [-0.1, -0.05) is 111 Å². The molecule has 24 unspecified atom stereocenters. The molecule has 16 nitrogen and oxygen atoms in total. The Kier molecular flexibility index (Phi) is 15.0. The molecule has 16 aliphatic rings. The number of carbonyl (C=O) groups is 2. The number of nitrogens with one attached hydrogen (secondary N) is 1. The number of ketones is 1. The molecular weight excluding hydrogens is 1240 g/mol. The number of carbonyl (C=O) groups excluding carboxylic acids is 2. The summed E-state index contributed by atoms with van der Waals surface area (Å²) in [6, 6.07) is 11.4. The van der Waals surface area contributed by atoms with Crippen LogP contribution in [0, 0.1) is 86.3 Å². The lowest BCUT2D eigenvalue weighted by atomic mass is 9.37. The van der Waals surface area contributed by atoms with Crippen LogP contribution in [0.25, 0.3) is 16.3 Å². The molecule has 95 heavy (non-hydrogen) atoms. The van der Waals surface area contributed by atoms with Crippen LogP contribution in [0.1, 0.15) is 161 Å². The minimum absolute atomic E-state index is 0.0337. The van der Waals surface area contributed by atoms with E-state index < -0.39 is 116 Å². The monoisotopic (exact) mass is 1340 g/mol. The van der Waals surface area contributed by atoms with Crippen molar-refractivity contribution < 1.29 is 65.0 Å². The summed E-state index contributed by atoms with van der Waals surface area (Å²) >= 11 is 0. The minimum atomic E-state index is -2.43. The average Bonchev–Trinajstić information content (AvgIpc) is 1.66. The number of aromatic hydroxyl groups is 1. The summed E-state index contributed by atoms with van der Waals surface area (Å²) in [5.41, 5.74) is -13.1. The van der Waals surface area contributed by atoms with E-state index in [9.17, 15) is 46.0 Å². The van der Waals surface area contributed by atoms with Crippen LogP contribution in [0.2, 0.25) is 0 Å². The molecule has 18 heteroatoms. The number of ether oxygens (including phenoxy) is 2. The van der Waals surface area contributed by atoms with E-state index in [2.05, 4.69) is 50.4 Å². The van der Waals surface area contributed by atoms with Gasteiger partial charge in [0.15, 0.2) is 11.5 Å². The Labute approximate surface area is 566 Å². The van der Waals surface area contributed by atoms with Gasteiger partial charge < -0.3 is 70.2 Å². The zero-order chi connectivity index (χ0) is 66.2. The van der Waals surface area contributed by atoms with Crippen LogP contribution in [0.15, 0.2) is 78.7 Å². The first kappa shape index (κ1) is 64.8. The van der Waals surface area contributed by atoms with Gasteiger partial charge in [-0.15, -0.1) is 0 Å². The van der Waals surface area contributed by atoms with Crippen LogP contribution in [0.3, 0.4) is 0 Å². The number of aliphatic hydroxyl groups is 8. The van der Waals surface area contributed by atoms with E-state index in [0.29, 0.717) is 74.8 Å². The van der Waals surface area contributed by atoms with E-state index in [1.54, 1.807) is 36.1 Å². The highest BCUT2D eigenvalue weighted by atomic mass is 33.1. The maximum atomic E-state index is 17.0. The van der Waals surface area contributed by atoms with Crippen LogP contribution in [0.4, 0.5) is 5.69 Å². The highest BCUT2D eigenvalue weighted by Crippen LogP contribution is 2.78. The van der Waals surface area contributed by atoms with Crippen molar-refractivity contribution in [3.8, 4) is 5.75 Å². The number of fused-ring (bicyclic) bond motifs is 9. The third-order valence-corrected chi connectivity index (χ3v) is 33.3. The van der Waals surface area contributed by atoms with Gasteiger partial charge in [0.25, 0.3) is 0 Å². The molecule has 0 radical (unpaired) electrons. The summed E-state index contributed by atoms with van der Waals surface area (Å²) in [6.07, 6.45) is 20.5. The number of hydrogen-bond donors (Lipinski definition) is 10. The maximum absolute atomic E-state index is 17.0. The third-order valence-electron chi connectivity index (χ3n) is 30.6. The van der Waals surface area contributed by atoms with Gasteiger partial charge in [0, 0.05) is 102 Å². The minimum Gasteiger partial charge on any atom is -0.508 e. The number of aryl methyl sites for hydroxylation is 1.